The number of carbonyl (C=O) groups is 1. The van der Waals surface area contributed by atoms with Gasteiger partial charge in [0.1, 0.15) is 0 Å². The van der Waals surface area contributed by atoms with E-state index in [2.05, 4.69) is 4.90 Å². The Morgan fingerprint density at radius 3 is 2.16 bits per heavy atom. The van der Waals surface area contributed by atoms with Crippen molar-refractivity contribution in [2.24, 2.45) is 0 Å². The summed E-state index contributed by atoms with van der Waals surface area (Å²) in [6, 6.07) is 10.8. The monoisotopic (exact) mass is 436 g/mol. The number of rotatable bonds is 6. The second kappa shape index (κ2) is 9.60. The molecule has 2 aromatic carbocycles. The molecule has 0 aromatic heterocycles. The molecule has 2 aromatic rings. The van der Waals surface area contributed by atoms with Gasteiger partial charge < -0.3 is 14.4 Å². The first kappa shape index (κ1) is 22.9. The molecule has 0 unspecified atom stereocenters. The normalized spacial score (nSPS) is 15.5. The predicted molar refractivity (Wildman–Crippen MR) is 112 cm³/mol. The standard InChI is InChI=1S/C23H27F3N2O3/c1-16(29)28(20-8-9-21(30-2)22(14-20)31-3)19-10-12-27(13-11-19)15-17-4-6-18(7-5-17)23(24,25)26/h4-9,14,19H,10-13,15H2,1-3H3. The quantitative estimate of drug-likeness (QED) is 0.656. The molecule has 0 N–H and O–H groups in total. The molecule has 0 bridgehead atoms. The van der Waals surface area contributed by atoms with Crippen molar-refractivity contribution in [1.82, 2.24) is 4.90 Å². The van der Waals surface area contributed by atoms with E-state index in [4.69, 9.17) is 9.47 Å². The van der Waals surface area contributed by atoms with Crippen LogP contribution in [0.2, 0.25) is 0 Å². The number of amides is 1. The lowest BCUT2D eigenvalue weighted by Crippen LogP contribution is -2.46. The van der Waals surface area contributed by atoms with Crippen LogP contribution in [0.3, 0.4) is 0 Å². The zero-order valence-electron chi connectivity index (χ0n) is 17.9. The molecule has 0 aliphatic carbocycles. The zero-order chi connectivity index (χ0) is 22.6. The van der Waals surface area contributed by atoms with E-state index in [1.165, 1.54) is 12.1 Å². The van der Waals surface area contributed by atoms with Gasteiger partial charge in [-0.2, -0.15) is 13.2 Å². The second-order valence-electron chi connectivity index (χ2n) is 7.63. The summed E-state index contributed by atoms with van der Waals surface area (Å²) in [4.78, 5) is 16.4. The maximum atomic E-state index is 12.7. The minimum atomic E-state index is -4.32. The lowest BCUT2D eigenvalue weighted by Gasteiger charge is -2.38. The highest BCUT2D eigenvalue weighted by atomic mass is 19.4. The van der Waals surface area contributed by atoms with Crippen molar-refractivity contribution in [3.05, 3.63) is 53.6 Å². The number of halogens is 3. The number of carbonyl (C=O) groups excluding carboxylic acids is 1. The zero-order valence-corrected chi connectivity index (χ0v) is 17.9. The van der Waals surface area contributed by atoms with Crippen LogP contribution >= 0.6 is 0 Å². The number of likely N-dealkylation sites (tertiary alicyclic amines) is 1. The molecule has 31 heavy (non-hydrogen) atoms. The number of nitrogens with zero attached hydrogens (tertiary/aromatic N) is 2. The summed E-state index contributed by atoms with van der Waals surface area (Å²) in [6.45, 7) is 3.64. The smallest absolute Gasteiger partial charge is 0.416 e. The molecular weight excluding hydrogens is 409 g/mol. The summed E-state index contributed by atoms with van der Waals surface area (Å²) < 4.78 is 48.8. The Labute approximate surface area is 180 Å². The molecule has 1 aliphatic heterocycles. The van der Waals surface area contributed by atoms with Gasteiger partial charge in [0.25, 0.3) is 0 Å². The highest BCUT2D eigenvalue weighted by Gasteiger charge is 2.31. The van der Waals surface area contributed by atoms with Gasteiger partial charge in [-0.25, -0.2) is 0 Å². The van der Waals surface area contributed by atoms with Crippen LogP contribution in [0, 0.1) is 0 Å². The molecule has 5 nitrogen and oxygen atoms in total. The van der Waals surface area contributed by atoms with E-state index in [-0.39, 0.29) is 11.9 Å². The summed E-state index contributed by atoms with van der Waals surface area (Å²) in [5, 5.41) is 0. The van der Waals surface area contributed by atoms with Gasteiger partial charge in [0.15, 0.2) is 11.5 Å². The van der Waals surface area contributed by atoms with Crippen molar-refractivity contribution >= 4 is 11.6 Å². The molecular formula is C23H27F3N2O3. The molecule has 1 heterocycles. The SMILES string of the molecule is COc1ccc(N(C(C)=O)C2CCN(Cc3ccc(C(F)(F)F)cc3)CC2)cc1OC. The van der Waals surface area contributed by atoms with Crippen LogP contribution < -0.4 is 14.4 Å². The summed E-state index contributed by atoms with van der Waals surface area (Å²) >= 11 is 0. The van der Waals surface area contributed by atoms with Crippen molar-refractivity contribution in [3.8, 4) is 11.5 Å². The molecule has 1 fully saturated rings. The van der Waals surface area contributed by atoms with Crippen LogP contribution in [0.1, 0.15) is 30.9 Å². The fourth-order valence-corrected chi connectivity index (χ4v) is 4.02. The van der Waals surface area contributed by atoms with E-state index in [1.807, 2.05) is 6.07 Å². The van der Waals surface area contributed by atoms with Crippen LogP contribution in [-0.4, -0.2) is 44.2 Å². The van der Waals surface area contributed by atoms with Crippen molar-refractivity contribution in [2.45, 2.75) is 38.5 Å². The maximum absolute atomic E-state index is 12.7. The second-order valence-corrected chi connectivity index (χ2v) is 7.63. The molecule has 0 spiro atoms. The Bertz CT molecular complexity index is 892. The Morgan fingerprint density at radius 2 is 1.65 bits per heavy atom. The summed E-state index contributed by atoms with van der Waals surface area (Å²) in [6.07, 6.45) is -2.78. The summed E-state index contributed by atoms with van der Waals surface area (Å²) in [7, 11) is 3.12. The van der Waals surface area contributed by atoms with Crippen molar-refractivity contribution in [1.29, 1.82) is 0 Å². The van der Waals surface area contributed by atoms with Crippen LogP contribution in [0.5, 0.6) is 11.5 Å². The summed E-state index contributed by atoms with van der Waals surface area (Å²) in [5.41, 5.74) is 0.961. The van der Waals surface area contributed by atoms with Gasteiger partial charge in [-0.05, 0) is 42.7 Å². The number of hydrogen-bond acceptors (Lipinski definition) is 4. The minimum Gasteiger partial charge on any atom is -0.493 e. The lowest BCUT2D eigenvalue weighted by molar-refractivity contribution is -0.137. The predicted octanol–water partition coefficient (Wildman–Crippen LogP) is 4.74. The Kier molecular flexibility index (Phi) is 7.10. The maximum Gasteiger partial charge on any atom is 0.416 e. The third kappa shape index (κ3) is 5.50. The number of benzene rings is 2. The van der Waals surface area contributed by atoms with Crippen LogP contribution in [0.4, 0.5) is 18.9 Å². The molecule has 0 saturated carbocycles. The Hall–Kier alpha value is -2.74. The molecule has 168 valence electrons. The van der Waals surface area contributed by atoms with E-state index >= 15 is 0 Å². The number of hydrogen-bond donors (Lipinski definition) is 0. The number of anilines is 1. The minimum absolute atomic E-state index is 0.0412. The van der Waals surface area contributed by atoms with E-state index in [0.717, 1.165) is 49.3 Å². The van der Waals surface area contributed by atoms with E-state index in [1.54, 1.807) is 38.2 Å². The van der Waals surface area contributed by atoms with Crippen molar-refractivity contribution in [3.63, 3.8) is 0 Å². The third-order valence-corrected chi connectivity index (χ3v) is 5.59. The molecule has 3 rings (SSSR count). The average molecular weight is 436 g/mol. The van der Waals surface area contributed by atoms with E-state index < -0.39 is 11.7 Å². The first-order valence-corrected chi connectivity index (χ1v) is 10.1. The van der Waals surface area contributed by atoms with Gasteiger partial charge in [0.05, 0.1) is 19.8 Å². The van der Waals surface area contributed by atoms with Crippen LogP contribution in [-0.2, 0) is 17.5 Å². The van der Waals surface area contributed by atoms with E-state index in [0.29, 0.717) is 18.0 Å². The fraction of sp³-hybridized carbons (Fsp3) is 0.435. The largest absolute Gasteiger partial charge is 0.493 e. The Balaban J connectivity index is 1.65. The van der Waals surface area contributed by atoms with Crippen molar-refractivity contribution in [2.75, 3.05) is 32.2 Å². The fourth-order valence-electron chi connectivity index (χ4n) is 4.02. The number of alkyl halides is 3. The first-order valence-electron chi connectivity index (χ1n) is 10.1. The molecule has 1 amide bonds. The van der Waals surface area contributed by atoms with Gasteiger partial charge in [-0.3, -0.25) is 9.69 Å². The van der Waals surface area contributed by atoms with Crippen LogP contribution in [0.15, 0.2) is 42.5 Å². The molecule has 1 saturated heterocycles. The van der Waals surface area contributed by atoms with Gasteiger partial charge in [-0.1, -0.05) is 12.1 Å². The third-order valence-electron chi connectivity index (χ3n) is 5.59. The van der Waals surface area contributed by atoms with Gasteiger partial charge in [0, 0.05) is 44.4 Å². The Morgan fingerprint density at radius 1 is 1.03 bits per heavy atom. The van der Waals surface area contributed by atoms with Gasteiger partial charge in [0.2, 0.25) is 5.91 Å². The summed E-state index contributed by atoms with van der Waals surface area (Å²) in [5.74, 6) is 1.11. The van der Waals surface area contributed by atoms with Crippen molar-refractivity contribution < 1.29 is 27.4 Å². The molecule has 0 radical (unpaired) electrons. The van der Waals surface area contributed by atoms with E-state index in [9.17, 15) is 18.0 Å². The number of piperidine rings is 1. The highest BCUT2D eigenvalue weighted by Crippen LogP contribution is 2.34. The van der Waals surface area contributed by atoms with Crippen LogP contribution in [0.25, 0.3) is 0 Å². The van der Waals surface area contributed by atoms with Gasteiger partial charge >= 0.3 is 6.18 Å². The van der Waals surface area contributed by atoms with Gasteiger partial charge in [-0.15, -0.1) is 0 Å². The number of ether oxygens (including phenoxy) is 2. The first-order chi connectivity index (χ1) is 14.7. The topological polar surface area (TPSA) is 42.0 Å². The number of methoxy groups -OCH3 is 2. The molecule has 0 atom stereocenters. The lowest BCUT2D eigenvalue weighted by atomic mass is 10.0. The highest BCUT2D eigenvalue weighted by molar-refractivity contribution is 5.92. The average Bonchev–Trinajstić information content (AvgIpc) is 2.74. The molecule has 8 heteroatoms. The molecule has 1 aliphatic rings.